The fourth-order valence-corrected chi connectivity index (χ4v) is 6.62. The highest BCUT2D eigenvalue weighted by Gasteiger charge is 2.20. The maximum Gasteiger partial charge on any atom is 0.154 e. The Morgan fingerprint density at radius 3 is 1.71 bits per heavy atom. The number of hydrogen-bond acceptors (Lipinski definition) is 6. The van der Waals surface area contributed by atoms with Gasteiger partial charge in [0.2, 0.25) is 0 Å². The normalized spacial score (nSPS) is 11.4. The molecule has 0 saturated heterocycles. The largest absolute Gasteiger partial charge is 0.463 e. The lowest BCUT2D eigenvalue weighted by Gasteiger charge is -1.97. The molecule has 0 fully saturated rings. The van der Waals surface area contributed by atoms with Crippen LogP contribution >= 0.6 is 0 Å². The van der Waals surface area contributed by atoms with Crippen LogP contribution in [0.1, 0.15) is 28.3 Å². The number of imidazole rings is 2. The van der Waals surface area contributed by atoms with Gasteiger partial charge in [0.05, 0.1) is 25.1 Å². The number of para-hydroxylation sites is 2. The van der Waals surface area contributed by atoms with Crippen molar-refractivity contribution < 1.29 is 17.7 Å². The summed E-state index contributed by atoms with van der Waals surface area (Å²) in [5.74, 6) is 4.73. The molecule has 0 amide bonds. The van der Waals surface area contributed by atoms with Crippen molar-refractivity contribution in [3.63, 3.8) is 0 Å². The number of nitrogens with one attached hydrogen (secondary N) is 4. The zero-order chi connectivity index (χ0) is 34.9. The van der Waals surface area contributed by atoms with E-state index in [0.29, 0.717) is 12.2 Å². The number of aromatic nitrogens is 6. The van der Waals surface area contributed by atoms with Crippen molar-refractivity contribution in [3.05, 3.63) is 157 Å². The first kappa shape index (κ1) is 31.1. The summed E-state index contributed by atoms with van der Waals surface area (Å²) in [4.78, 5) is 23.0. The summed E-state index contributed by atoms with van der Waals surface area (Å²) in [6, 6.07) is 29.9. The van der Waals surface area contributed by atoms with Crippen molar-refractivity contribution in [2.24, 2.45) is 0 Å². The van der Waals surface area contributed by atoms with E-state index in [0.717, 1.165) is 81.1 Å². The molecule has 8 aromatic heterocycles. The Hall–Kier alpha value is -6.94. The minimum atomic E-state index is 0.693. The van der Waals surface area contributed by atoms with Crippen molar-refractivity contribution in [3.8, 4) is 45.8 Å². The third kappa shape index (κ3) is 6.07. The highest BCUT2D eigenvalue weighted by molar-refractivity contribution is 5.84. The summed E-state index contributed by atoms with van der Waals surface area (Å²) in [6.45, 7) is 2.00. The minimum Gasteiger partial charge on any atom is -0.463 e. The van der Waals surface area contributed by atoms with Crippen molar-refractivity contribution in [1.29, 1.82) is 0 Å². The van der Waals surface area contributed by atoms with Gasteiger partial charge in [0.25, 0.3) is 0 Å². The third-order valence-electron chi connectivity index (χ3n) is 9.10. The first-order valence-electron chi connectivity index (χ1n) is 17.1. The number of rotatable bonds is 9. The van der Waals surface area contributed by atoms with Crippen LogP contribution in [0.3, 0.4) is 0 Å². The molecule has 2 aromatic carbocycles. The Bertz CT molecular complexity index is 2630. The van der Waals surface area contributed by atoms with Gasteiger partial charge in [-0.3, -0.25) is 0 Å². The number of furan rings is 4. The molecule has 10 aromatic rings. The van der Waals surface area contributed by atoms with Crippen LogP contribution in [0.4, 0.5) is 0 Å². The predicted molar refractivity (Wildman–Crippen MR) is 200 cm³/mol. The summed E-state index contributed by atoms with van der Waals surface area (Å²) in [7, 11) is 0. The summed E-state index contributed by atoms with van der Waals surface area (Å²) in [5.41, 5.74) is 9.06. The van der Waals surface area contributed by atoms with E-state index < -0.39 is 0 Å². The highest BCUT2D eigenvalue weighted by atomic mass is 16.3. The highest BCUT2D eigenvalue weighted by Crippen LogP contribution is 2.33. The lowest BCUT2D eigenvalue weighted by molar-refractivity contribution is 0.572. The Kier molecular flexibility index (Phi) is 8.01. The molecule has 0 radical (unpaired) electrons. The number of H-pyrrole nitrogens is 4. The van der Waals surface area contributed by atoms with Gasteiger partial charge < -0.3 is 37.6 Å². The number of hydrogen-bond donors (Lipinski definition) is 4. The molecule has 4 N–H and O–H groups in total. The second-order valence-corrected chi connectivity index (χ2v) is 12.6. The molecule has 0 bridgehead atoms. The van der Waals surface area contributed by atoms with Crippen LogP contribution in [-0.4, -0.2) is 29.9 Å². The molecule has 10 nitrogen and oxygen atoms in total. The van der Waals surface area contributed by atoms with Gasteiger partial charge in [-0.15, -0.1) is 0 Å². The molecule has 0 saturated carbocycles. The smallest absolute Gasteiger partial charge is 0.154 e. The molecule has 10 rings (SSSR count). The first-order chi connectivity index (χ1) is 25.7. The molecule has 0 unspecified atom stereocenters. The first-order valence-corrected chi connectivity index (χ1v) is 17.1. The Morgan fingerprint density at radius 2 is 1.10 bits per heavy atom. The second kappa shape index (κ2) is 13.4. The standard InChI is InChI=1S/C22H19N3O2.C20H15N3O2/c1-14-11-19(27-13-14)22-21(18-7-4-10-26-18)24-20(25-22)9-8-15-12-23-17-6-3-2-5-16(15)17;1-2-6-15-14(5-1)13(12-21-15)11-18-22-19(16-7-3-9-24-16)20(23-18)17-8-4-10-25-17/h2-7,10-13,23H,8-9H2,1H3,(H,24,25);1-10,12,21H,11H2,(H,22,23). The van der Waals surface area contributed by atoms with Crippen LogP contribution in [0.5, 0.6) is 0 Å². The molecule has 0 aliphatic rings. The van der Waals surface area contributed by atoms with Gasteiger partial charge in [-0.05, 0) is 84.6 Å². The van der Waals surface area contributed by atoms with E-state index in [2.05, 4.69) is 56.5 Å². The molecular formula is C42H34N6O4. The average molecular weight is 687 g/mol. The number of aryl methyl sites for hydroxylation is 3. The summed E-state index contributed by atoms with van der Waals surface area (Å²) in [6.07, 6.45) is 13.2. The van der Waals surface area contributed by atoms with E-state index in [-0.39, 0.29) is 0 Å². The molecule has 0 spiro atoms. The average Bonchev–Trinajstić information content (AvgIpc) is 4.02. The van der Waals surface area contributed by atoms with E-state index in [1.54, 1.807) is 25.1 Å². The summed E-state index contributed by atoms with van der Waals surface area (Å²) in [5, 5.41) is 2.47. The van der Waals surface area contributed by atoms with Crippen molar-refractivity contribution in [1.82, 2.24) is 29.9 Å². The van der Waals surface area contributed by atoms with Crippen LogP contribution in [-0.2, 0) is 19.3 Å². The topological polar surface area (TPSA) is 142 Å². The lowest BCUT2D eigenvalue weighted by Crippen LogP contribution is -1.93. The van der Waals surface area contributed by atoms with Gasteiger partial charge >= 0.3 is 0 Å². The number of aromatic amines is 4. The van der Waals surface area contributed by atoms with Crippen LogP contribution < -0.4 is 0 Å². The quantitative estimate of drug-likeness (QED) is 0.119. The third-order valence-corrected chi connectivity index (χ3v) is 9.10. The maximum absolute atomic E-state index is 5.68. The van der Waals surface area contributed by atoms with Gasteiger partial charge in [0.1, 0.15) is 34.4 Å². The van der Waals surface area contributed by atoms with Crippen LogP contribution in [0.15, 0.2) is 146 Å². The SMILES string of the molecule is Cc1coc(-c2nc(CCc3c[nH]c4ccccc34)[nH]c2-c2ccco2)c1.c1coc(-c2nc(Cc3c[nH]c4ccccc34)[nH]c2-c2ccco2)c1. The van der Waals surface area contributed by atoms with Crippen molar-refractivity contribution >= 4 is 21.8 Å². The Balaban J connectivity index is 0.000000139. The van der Waals surface area contributed by atoms with Gasteiger partial charge in [0.15, 0.2) is 23.0 Å². The minimum absolute atomic E-state index is 0.693. The van der Waals surface area contributed by atoms with E-state index in [9.17, 15) is 0 Å². The Morgan fingerprint density at radius 1 is 0.538 bits per heavy atom. The molecule has 256 valence electrons. The lowest BCUT2D eigenvalue weighted by atomic mass is 10.1. The molecule has 8 heterocycles. The monoisotopic (exact) mass is 686 g/mol. The number of nitrogens with zero attached hydrogens (tertiary/aromatic N) is 2. The molecular weight excluding hydrogens is 653 g/mol. The molecule has 52 heavy (non-hydrogen) atoms. The number of fused-ring (bicyclic) bond motifs is 2. The fourth-order valence-electron chi connectivity index (χ4n) is 6.62. The van der Waals surface area contributed by atoms with Gasteiger partial charge in [-0.25, -0.2) is 9.97 Å². The van der Waals surface area contributed by atoms with E-state index >= 15 is 0 Å². The Labute approximate surface area is 297 Å². The van der Waals surface area contributed by atoms with E-state index in [1.165, 1.54) is 21.9 Å². The van der Waals surface area contributed by atoms with E-state index in [1.807, 2.05) is 73.8 Å². The maximum atomic E-state index is 5.68. The zero-order valence-electron chi connectivity index (χ0n) is 28.3. The zero-order valence-corrected chi connectivity index (χ0v) is 28.3. The number of benzene rings is 2. The van der Waals surface area contributed by atoms with E-state index in [4.69, 9.17) is 27.6 Å². The van der Waals surface area contributed by atoms with Crippen LogP contribution in [0.2, 0.25) is 0 Å². The van der Waals surface area contributed by atoms with Crippen molar-refractivity contribution in [2.45, 2.75) is 26.2 Å². The second-order valence-electron chi connectivity index (χ2n) is 12.6. The molecule has 0 aliphatic carbocycles. The molecule has 10 heteroatoms. The van der Waals surface area contributed by atoms with Gasteiger partial charge in [-0.1, -0.05) is 36.4 Å². The molecule has 0 aliphatic heterocycles. The summed E-state index contributed by atoms with van der Waals surface area (Å²) >= 11 is 0. The van der Waals surface area contributed by atoms with Crippen LogP contribution in [0, 0.1) is 6.92 Å². The van der Waals surface area contributed by atoms with Crippen molar-refractivity contribution in [2.75, 3.05) is 0 Å². The molecule has 0 atom stereocenters. The van der Waals surface area contributed by atoms with Gasteiger partial charge in [-0.2, -0.15) is 0 Å². The fraction of sp³-hybridized carbons (Fsp3) is 0.0952. The summed E-state index contributed by atoms with van der Waals surface area (Å²) < 4.78 is 22.4. The van der Waals surface area contributed by atoms with Crippen LogP contribution in [0.25, 0.3) is 67.6 Å². The van der Waals surface area contributed by atoms with Gasteiger partial charge in [0, 0.05) is 47.0 Å². The predicted octanol–water partition coefficient (Wildman–Crippen LogP) is 10.5.